The van der Waals surface area contributed by atoms with Gasteiger partial charge in [0.15, 0.2) is 11.3 Å². The van der Waals surface area contributed by atoms with Crippen LogP contribution in [-0.2, 0) is 12.7 Å². The molecule has 144 valence electrons. The number of nitrogens with one attached hydrogen (secondary N) is 1. The molecule has 1 amide bonds. The monoisotopic (exact) mass is 426 g/mol. The minimum atomic E-state index is -4.69. The molecule has 0 aliphatic heterocycles. The number of nitrogens with zero attached hydrogens (tertiary/aromatic N) is 3. The van der Waals surface area contributed by atoms with Gasteiger partial charge in [-0.3, -0.25) is 14.2 Å². The van der Waals surface area contributed by atoms with E-state index in [4.69, 9.17) is 16.0 Å². The number of carbonyl (C=O) groups is 1. The fraction of sp³-hybridized carbons (Fsp3) is 0.118. The van der Waals surface area contributed by atoms with Crippen LogP contribution in [0, 0.1) is 0 Å². The normalized spacial score (nSPS) is 11.9. The number of pyridine rings is 1. The predicted octanol–water partition coefficient (Wildman–Crippen LogP) is 4.65. The lowest BCUT2D eigenvalue weighted by Gasteiger charge is -2.10. The number of carbonyl (C=O) groups excluding carboxylic acids is 1. The Labute approximate surface area is 164 Å². The summed E-state index contributed by atoms with van der Waals surface area (Å²) in [6.45, 7) is 0.167. The number of fused-ring (bicyclic) bond motifs is 1. The molecule has 0 saturated carbocycles. The Kier molecular flexibility index (Phi) is 4.60. The van der Waals surface area contributed by atoms with Crippen molar-refractivity contribution in [2.24, 2.45) is 0 Å². The zero-order valence-corrected chi connectivity index (χ0v) is 15.4. The number of furan rings is 1. The summed E-state index contributed by atoms with van der Waals surface area (Å²) in [6.07, 6.45) is 0.932. The van der Waals surface area contributed by atoms with Crippen molar-refractivity contribution < 1.29 is 22.4 Å². The second-order valence-electron chi connectivity index (χ2n) is 5.75. The zero-order chi connectivity index (χ0) is 19.9. The van der Waals surface area contributed by atoms with E-state index in [9.17, 15) is 18.0 Å². The molecule has 28 heavy (non-hydrogen) atoms. The highest BCUT2D eigenvalue weighted by atomic mass is 35.5. The molecule has 0 saturated heterocycles. The molecule has 6 nitrogen and oxygen atoms in total. The van der Waals surface area contributed by atoms with Crippen LogP contribution in [0.5, 0.6) is 0 Å². The van der Waals surface area contributed by atoms with Gasteiger partial charge in [-0.05, 0) is 12.1 Å². The molecule has 0 fully saturated rings. The molecular formula is C17H10ClF3N4O2S. The molecule has 0 unspecified atom stereocenters. The molecule has 1 N–H and O–H groups in total. The first kappa shape index (κ1) is 18.5. The molecule has 4 heterocycles. The molecule has 0 spiro atoms. The number of amides is 1. The van der Waals surface area contributed by atoms with Gasteiger partial charge in [0.25, 0.3) is 5.91 Å². The fourth-order valence-corrected chi connectivity index (χ4v) is 3.43. The lowest BCUT2D eigenvalue weighted by molar-refractivity contribution is -0.136. The van der Waals surface area contributed by atoms with E-state index in [-0.39, 0.29) is 23.0 Å². The van der Waals surface area contributed by atoms with Crippen molar-refractivity contribution >= 4 is 34.5 Å². The first-order valence-electron chi connectivity index (χ1n) is 7.81. The van der Waals surface area contributed by atoms with Gasteiger partial charge in [0.05, 0.1) is 30.1 Å². The Morgan fingerprint density at radius 3 is 2.82 bits per heavy atom. The smallest absolute Gasteiger partial charge is 0.420 e. The molecule has 11 heteroatoms. The van der Waals surface area contributed by atoms with Crippen molar-refractivity contribution in [3.8, 4) is 11.1 Å². The van der Waals surface area contributed by atoms with E-state index in [2.05, 4.69) is 15.3 Å². The SMILES string of the molecule is O=C(NCc1cncs1)c1nc2c(C(F)(F)F)cc(-c3ccoc3)cn2c1Cl. The maximum absolute atomic E-state index is 13.6. The Morgan fingerprint density at radius 2 is 2.18 bits per heavy atom. The Bertz CT molecular complexity index is 1140. The Hall–Kier alpha value is -2.85. The van der Waals surface area contributed by atoms with Crippen molar-refractivity contribution in [3.63, 3.8) is 0 Å². The van der Waals surface area contributed by atoms with Crippen LogP contribution < -0.4 is 5.32 Å². The van der Waals surface area contributed by atoms with Crippen LogP contribution >= 0.6 is 22.9 Å². The van der Waals surface area contributed by atoms with Crippen LogP contribution in [0.2, 0.25) is 5.15 Å². The van der Waals surface area contributed by atoms with Crippen molar-refractivity contribution in [1.29, 1.82) is 0 Å². The quantitative estimate of drug-likeness (QED) is 0.515. The highest BCUT2D eigenvalue weighted by Gasteiger charge is 2.36. The topological polar surface area (TPSA) is 72.4 Å². The summed E-state index contributed by atoms with van der Waals surface area (Å²) in [7, 11) is 0. The van der Waals surface area contributed by atoms with Crippen LogP contribution in [0.15, 0.2) is 47.0 Å². The van der Waals surface area contributed by atoms with Gasteiger partial charge in [0.1, 0.15) is 5.15 Å². The highest BCUT2D eigenvalue weighted by Crippen LogP contribution is 2.37. The largest absolute Gasteiger partial charge is 0.472 e. The second kappa shape index (κ2) is 6.95. The molecule has 0 aromatic carbocycles. The van der Waals surface area contributed by atoms with E-state index in [0.717, 1.165) is 15.3 Å². The number of hydrogen-bond acceptors (Lipinski definition) is 5. The summed E-state index contributed by atoms with van der Waals surface area (Å²) in [5.74, 6) is -0.680. The average Bonchev–Trinajstić information content (AvgIpc) is 3.40. The molecular weight excluding hydrogens is 417 g/mol. The lowest BCUT2D eigenvalue weighted by atomic mass is 10.1. The summed E-state index contributed by atoms with van der Waals surface area (Å²) in [5, 5.41) is 2.36. The van der Waals surface area contributed by atoms with Gasteiger partial charge in [-0.1, -0.05) is 11.6 Å². The first-order chi connectivity index (χ1) is 13.3. The lowest BCUT2D eigenvalue weighted by Crippen LogP contribution is -2.23. The molecule has 4 rings (SSSR count). The van der Waals surface area contributed by atoms with Crippen molar-refractivity contribution in [2.45, 2.75) is 12.7 Å². The number of imidazole rings is 1. The van der Waals surface area contributed by atoms with E-state index in [0.29, 0.717) is 5.56 Å². The van der Waals surface area contributed by atoms with Crippen molar-refractivity contribution in [1.82, 2.24) is 19.7 Å². The molecule has 0 aliphatic carbocycles. The van der Waals surface area contributed by atoms with E-state index in [1.54, 1.807) is 11.7 Å². The summed E-state index contributed by atoms with van der Waals surface area (Å²) < 4.78 is 46.8. The maximum Gasteiger partial charge on any atom is 0.420 e. The van der Waals surface area contributed by atoms with Gasteiger partial charge in [-0.15, -0.1) is 11.3 Å². The fourth-order valence-electron chi connectivity index (χ4n) is 2.64. The number of aromatic nitrogens is 3. The van der Waals surface area contributed by atoms with Gasteiger partial charge in [-0.2, -0.15) is 13.2 Å². The van der Waals surface area contributed by atoms with Gasteiger partial charge in [0, 0.05) is 28.4 Å². The second-order valence-corrected chi connectivity index (χ2v) is 7.08. The van der Waals surface area contributed by atoms with Gasteiger partial charge in [0.2, 0.25) is 0 Å². The van der Waals surface area contributed by atoms with Crippen LogP contribution in [-0.4, -0.2) is 20.3 Å². The van der Waals surface area contributed by atoms with Crippen LogP contribution in [0.25, 0.3) is 16.8 Å². The minimum Gasteiger partial charge on any atom is -0.472 e. The van der Waals surface area contributed by atoms with Crippen LogP contribution in [0.3, 0.4) is 0 Å². The zero-order valence-electron chi connectivity index (χ0n) is 13.8. The summed E-state index contributed by atoms with van der Waals surface area (Å²) in [6, 6.07) is 2.47. The molecule has 0 radical (unpaired) electrons. The first-order valence-corrected chi connectivity index (χ1v) is 9.07. The average molecular weight is 427 g/mol. The Balaban J connectivity index is 1.79. The number of halogens is 4. The van der Waals surface area contributed by atoms with E-state index in [1.807, 2.05) is 0 Å². The predicted molar refractivity (Wildman–Crippen MR) is 96.2 cm³/mol. The highest BCUT2D eigenvalue weighted by molar-refractivity contribution is 7.09. The van der Waals surface area contributed by atoms with E-state index in [1.165, 1.54) is 36.1 Å². The number of hydrogen-bond donors (Lipinski definition) is 1. The molecule has 4 aromatic rings. The van der Waals surface area contributed by atoms with Crippen molar-refractivity contribution in [3.05, 3.63) is 63.9 Å². The standard InChI is InChI=1S/C17H10ClF3N4O2S/c18-14-13(16(26)23-5-11-4-22-8-28-11)24-15-12(17(19,20)21)3-10(6-25(14)15)9-1-2-27-7-9/h1-4,6-8H,5H2,(H,23,26). The maximum atomic E-state index is 13.6. The molecule has 0 atom stereocenters. The van der Waals surface area contributed by atoms with E-state index >= 15 is 0 Å². The van der Waals surface area contributed by atoms with Crippen LogP contribution in [0.4, 0.5) is 13.2 Å². The van der Waals surface area contributed by atoms with Gasteiger partial charge in [-0.25, -0.2) is 4.98 Å². The molecule has 0 bridgehead atoms. The Morgan fingerprint density at radius 1 is 1.36 bits per heavy atom. The third-order valence-corrected chi connectivity index (χ3v) is 5.08. The summed E-state index contributed by atoms with van der Waals surface area (Å²) in [4.78, 5) is 21.0. The van der Waals surface area contributed by atoms with Gasteiger partial charge >= 0.3 is 6.18 Å². The van der Waals surface area contributed by atoms with Gasteiger partial charge < -0.3 is 9.73 Å². The summed E-state index contributed by atoms with van der Waals surface area (Å²) in [5.41, 5.74) is 0.521. The molecule has 4 aromatic heterocycles. The van der Waals surface area contributed by atoms with Crippen molar-refractivity contribution in [2.75, 3.05) is 0 Å². The van der Waals surface area contributed by atoms with E-state index < -0.39 is 23.3 Å². The third-order valence-electron chi connectivity index (χ3n) is 3.94. The van der Waals surface area contributed by atoms with Crippen LogP contribution in [0.1, 0.15) is 20.9 Å². The minimum absolute atomic E-state index is 0.167. The number of rotatable bonds is 4. The third kappa shape index (κ3) is 3.36. The molecule has 0 aliphatic rings. The summed E-state index contributed by atoms with van der Waals surface area (Å²) >= 11 is 7.54. The number of alkyl halides is 3. The number of thiazole rings is 1.